The van der Waals surface area contributed by atoms with Crippen molar-refractivity contribution in [1.29, 1.82) is 0 Å². The van der Waals surface area contributed by atoms with Crippen LogP contribution in [0.4, 0.5) is 0 Å². The molecule has 1 saturated heterocycles. The molecule has 0 aromatic heterocycles. The first-order chi connectivity index (χ1) is 9.22. The summed E-state index contributed by atoms with van der Waals surface area (Å²) in [6.45, 7) is 5.26. The van der Waals surface area contributed by atoms with Crippen molar-refractivity contribution in [2.24, 2.45) is 11.5 Å². The van der Waals surface area contributed by atoms with Crippen LogP contribution in [0.15, 0.2) is 18.2 Å². The SMILES string of the molecule is NC(N)=[N+]1CC[NH+](Cc2ccc3c(c2)OCO3)CC1. The number of fused-ring (bicyclic) bond motifs is 1. The van der Waals surface area contributed by atoms with E-state index in [0.717, 1.165) is 44.2 Å². The lowest BCUT2D eigenvalue weighted by Crippen LogP contribution is -3.13. The quantitative estimate of drug-likeness (QED) is 0.431. The first-order valence-corrected chi connectivity index (χ1v) is 6.57. The van der Waals surface area contributed by atoms with Crippen LogP contribution in [0.5, 0.6) is 11.5 Å². The molecule has 1 fully saturated rings. The van der Waals surface area contributed by atoms with Crippen LogP contribution in [-0.4, -0.2) is 43.5 Å². The first kappa shape index (κ1) is 12.1. The fraction of sp³-hybridized carbons (Fsp3) is 0.462. The molecule has 3 rings (SSSR count). The zero-order chi connectivity index (χ0) is 13.2. The van der Waals surface area contributed by atoms with Crippen molar-refractivity contribution in [3.63, 3.8) is 0 Å². The Hall–Kier alpha value is -1.95. The summed E-state index contributed by atoms with van der Waals surface area (Å²) in [5.41, 5.74) is 12.5. The highest BCUT2D eigenvalue weighted by Gasteiger charge is 2.21. The van der Waals surface area contributed by atoms with Crippen LogP contribution in [0.3, 0.4) is 0 Å². The van der Waals surface area contributed by atoms with E-state index in [1.54, 1.807) is 0 Å². The zero-order valence-electron chi connectivity index (χ0n) is 10.9. The maximum atomic E-state index is 5.61. The molecule has 2 aliphatic rings. The van der Waals surface area contributed by atoms with Gasteiger partial charge in [0.05, 0.1) is 0 Å². The van der Waals surface area contributed by atoms with E-state index >= 15 is 0 Å². The molecule has 2 heterocycles. The Balaban J connectivity index is 1.62. The number of guanidine groups is 1. The van der Waals surface area contributed by atoms with Crippen LogP contribution in [-0.2, 0) is 6.54 Å². The van der Waals surface area contributed by atoms with Gasteiger partial charge in [-0.3, -0.25) is 16.0 Å². The zero-order valence-corrected chi connectivity index (χ0v) is 10.9. The lowest BCUT2D eigenvalue weighted by Gasteiger charge is -2.25. The van der Waals surface area contributed by atoms with Crippen LogP contribution in [0.2, 0.25) is 0 Å². The number of nitrogens with zero attached hydrogens (tertiary/aromatic N) is 1. The Bertz CT molecular complexity index is 501. The molecule has 0 unspecified atom stereocenters. The number of nitrogens with two attached hydrogens (primary N) is 2. The number of rotatable bonds is 2. The molecule has 0 atom stereocenters. The van der Waals surface area contributed by atoms with Gasteiger partial charge in [0.15, 0.2) is 11.5 Å². The molecule has 6 heteroatoms. The van der Waals surface area contributed by atoms with Gasteiger partial charge in [0.25, 0.3) is 0 Å². The maximum absolute atomic E-state index is 5.61. The van der Waals surface area contributed by atoms with E-state index in [1.807, 2.05) is 10.6 Å². The summed E-state index contributed by atoms with van der Waals surface area (Å²) in [7, 11) is 0. The van der Waals surface area contributed by atoms with Crippen LogP contribution < -0.4 is 25.8 Å². The topological polar surface area (TPSA) is 78.0 Å². The third kappa shape index (κ3) is 2.58. The third-order valence-electron chi connectivity index (χ3n) is 3.73. The fourth-order valence-electron chi connectivity index (χ4n) is 2.60. The monoisotopic (exact) mass is 264 g/mol. The average molecular weight is 264 g/mol. The fourth-order valence-corrected chi connectivity index (χ4v) is 2.60. The van der Waals surface area contributed by atoms with Gasteiger partial charge in [-0.05, 0) is 18.2 Å². The Morgan fingerprint density at radius 3 is 2.63 bits per heavy atom. The predicted molar refractivity (Wildman–Crippen MR) is 70.3 cm³/mol. The number of hydrogen-bond donors (Lipinski definition) is 3. The van der Waals surface area contributed by atoms with Crippen LogP contribution >= 0.6 is 0 Å². The van der Waals surface area contributed by atoms with Crippen LogP contribution in [0.1, 0.15) is 5.56 Å². The summed E-state index contributed by atoms with van der Waals surface area (Å²) in [6, 6.07) is 6.17. The van der Waals surface area contributed by atoms with Gasteiger partial charge in [-0.25, -0.2) is 0 Å². The van der Waals surface area contributed by atoms with E-state index in [1.165, 1.54) is 10.5 Å². The summed E-state index contributed by atoms with van der Waals surface area (Å²) in [5.74, 6) is 2.13. The van der Waals surface area contributed by atoms with Gasteiger partial charge >= 0.3 is 5.96 Å². The molecule has 0 aliphatic carbocycles. The molecule has 0 radical (unpaired) electrons. The molecule has 2 aliphatic heterocycles. The van der Waals surface area contributed by atoms with Gasteiger partial charge in [0, 0.05) is 5.56 Å². The smallest absolute Gasteiger partial charge is 0.341 e. The second-order valence-electron chi connectivity index (χ2n) is 5.03. The number of quaternary nitrogens is 1. The van der Waals surface area contributed by atoms with Gasteiger partial charge in [0.1, 0.15) is 32.7 Å². The Morgan fingerprint density at radius 2 is 1.89 bits per heavy atom. The molecule has 0 spiro atoms. The molecule has 5 N–H and O–H groups in total. The van der Waals surface area contributed by atoms with Crippen molar-refractivity contribution in [2.75, 3.05) is 33.0 Å². The van der Waals surface area contributed by atoms with E-state index in [2.05, 4.69) is 12.1 Å². The Kier molecular flexibility index (Phi) is 3.16. The van der Waals surface area contributed by atoms with Crippen molar-refractivity contribution in [1.82, 2.24) is 0 Å². The van der Waals surface area contributed by atoms with E-state index in [-0.39, 0.29) is 0 Å². The number of ether oxygens (including phenoxy) is 2. The number of nitrogens with one attached hydrogen (secondary N) is 1. The average Bonchev–Trinajstić information content (AvgIpc) is 2.87. The van der Waals surface area contributed by atoms with Crippen molar-refractivity contribution < 1.29 is 18.9 Å². The minimum absolute atomic E-state index is 0.329. The van der Waals surface area contributed by atoms with Crippen molar-refractivity contribution in [3.8, 4) is 11.5 Å². The molecule has 0 saturated carbocycles. The summed E-state index contributed by atoms with van der Waals surface area (Å²) >= 11 is 0. The highest BCUT2D eigenvalue weighted by Crippen LogP contribution is 2.32. The third-order valence-corrected chi connectivity index (χ3v) is 3.73. The van der Waals surface area contributed by atoms with Crippen molar-refractivity contribution in [3.05, 3.63) is 23.8 Å². The van der Waals surface area contributed by atoms with Gasteiger partial charge < -0.3 is 14.4 Å². The molecule has 1 aromatic rings. The number of piperazine rings is 1. The van der Waals surface area contributed by atoms with Gasteiger partial charge in [0.2, 0.25) is 6.79 Å². The molecule has 0 bridgehead atoms. The second kappa shape index (κ2) is 4.97. The minimum Gasteiger partial charge on any atom is -0.454 e. The van der Waals surface area contributed by atoms with Gasteiger partial charge in [-0.2, -0.15) is 0 Å². The highest BCUT2D eigenvalue weighted by molar-refractivity contribution is 5.70. The summed E-state index contributed by atoms with van der Waals surface area (Å²) in [6.07, 6.45) is 0. The lowest BCUT2D eigenvalue weighted by molar-refractivity contribution is -0.944. The Morgan fingerprint density at radius 1 is 1.16 bits per heavy atom. The summed E-state index contributed by atoms with van der Waals surface area (Å²) in [5, 5.41) is 0. The number of hydrogen-bond acceptors (Lipinski definition) is 2. The van der Waals surface area contributed by atoms with E-state index in [9.17, 15) is 0 Å². The molecule has 1 aromatic carbocycles. The highest BCUT2D eigenvalue weighted by atomic mass is 16.7. The molecule has 102 valence electrons. The summed E-state index contributed by atoms with van der Waals surface area (Å²) < 4.78 is 12.7. The summed E-state index contributed by atoms with van der Waals surface area (Å²) in [4.78, 5) is 1.54. The van der Waals surface area contributed by atoms with Gasteiger partial charge in [-0.15, -0.1) is 0 Å². The largest absolute Gasteiger partial charge is 0.454 e. The molecule has 6 nitrogen and oxygen atoms in total. The van der Waals surface area contributed by atoms with E-state index < -0.39 is 0 Å². The lowest BCUT2D eigenvalue weighted by atomic mass is 10.2. The van der Waals surface area contributed by atoms with Crippen LogP contribution in [0.25, 0.3) is 0 Å². The standard InChI is InChI=1S/C13H18N4O2/c14-13(15)17-5-3-16(4-6-17)8-10-1-2-11-12(7-10)19-9-18-11/h1-2,7H,3-6,8-9H2,(H3,14,15)/p+2. The van der Waals surface area contributed by atoms with Gasteiger partial charge in [-0.1, -0.05) is 0 Å². The van der Waals surface area contributed by atoms with E-state index in [4.69, 9.17) is 20.9 Å². The Labute approximate surface area is 112 Å². The van der Waals surface area contributed by atoms with Crippen molar-refractivity contribution in [2.45, 2.75) is 6.54 Å². The first-order valence-electron chi connectivity index (χ1n) is 6.57. The van der Waals surface area contributed by atoms with Crippen LogP contribution in [0, 0.1) is 0 Å². The maximum Gasteiger partial charge on any atom is 0.341 e. The molecule has 19 heavy (non-hydrogen) atoms. The normalized spacial score (nSPS) is 21.5. The molecule has 0 amide bonds. The predicted octanol–water partition coefficient (Wildman–Crippen LogP) is -1.90. The van der Waals surface area contributed by atoms with Crippen molar-refractivity contribution >= 4 is 5.96 Å². The van der Waals surface area contributed by atoms with E-state index in [0.29, 0.717) is 12.8 Å². The second-order valence-corrected chi connectivity index (χ2v) is 5.03. The minimum atomic E-state index is 0.329. The molecular weight excluding hydrogens is 244 g/mol. The molecular formula is C13H20N4O2+2. The number of benzene rings is 1.